The molecule has 1 aliphatic rings. The largest absolute Gasteiger partial charge is 0.482 e. The van der Waals surface area contributed by atoms with Gasteiger partial charge >= 0.3 is 5.97 Å². The van der Waals surface area contributed by atoms with E-state index in [0.29, 0.717) is 21.9 Å². The van der Waals surface area contributed by atoms with Gasteiger partial charge in [0.1, 0.15) is 5.75 Å². The summed E-state index contributed by atoms with van der Waals surface area (Å²) in [7, 11) is 0. The maximum Gasteiger partial charge on any atom is 0.309 e. The Bertz CT molecular complexity index is 917. The smallest absolute Gasteiger partial charge is 0.309 e. The third kappa shape index (κ3) is 4.74. The fourth-order valence-electron chi connectivity index (χ4n) is 3.59. The molecular formula is C21H20ClNO6. The minimum Gasteiger partial charge on any atom is -0.482 e. The molecule has 0 saturated heterocycles. The SMILES string of the molecule is CCOC(=O)C[C@@H]1Oc2ccc(Cl)cc2[C@@H](CC(=O)c2ccccc2)[C@@H]1[N+](=O)[O-]. The molecule has 0 radical (unpaired) electrons. The fourth-order valence-corrected chi connectivity index (χ4v) is 3.77. The Labute approximate surface area is 172 Å². The van der Waals surface area contributed by atoms with Gasteiger partial charge in [0.2, 0.25) is 0 Å². The Hall–Kier alpha value is -2.93. The van der Waals surface area contributed by atoms with Crippen LogP contribution >= 0.6 is 11.6 Å². The molecule has 1 aliphatic heterocycles. The van der Waals surface area contributed by atoms with Gasteiger partial charge in [-0.1, -0.05) is 41.9 Å². The molecule has 7 nitrogen and oxygen atoms in total. The summed E-state index contributed by atoms with van der Waals surface area (Å²) in [5.41, 5.74) is 0.954. The molecule has 8 heteroatoms. The van der Waals surface area contributed by atoms with Crippen LogP contribution in [0.25, 0.3) is 0 Å². The summed E-state index contributed by atoms with van der Waals surface area (Å²) in [5, 5.41) is 12.3. The molecule has 0 fully saturated rings. The van der Waals surface area contributed by atoms with Crippen LogP contribution in [0, 0.1) is 10.1 Å². The highest BCUT2D eigenvalue weighted by atomic mass is 35.5. The van der Waals surface area contributed by atoms with Gasteiger partial charge < -0.3 is 9.47 Å². The summed E-state index contributed by atoms with van der Waals surface area (Å²) in [6.45, 7) is 1.82. The second-order valence-electron chi connectivity index (χ2n) is 6.72. The average molecular weight is 418 g/mol. The first kappa shape index (κ1) is 20.8. The predicted octanol–water partition coefficient (Wildman–Crippen LogP) is 4.06. The lowest BCUT2D eigenvalue weighted by molar-refractivity contribution is -0.538. The quantitative estimate of drug-likeness (QED) is 0.292. The molecule has 29 heavy (non-hydrogen) atoms. The van der Waals surface area contributed by atoms with E-state index in [4.69, 9.17) is 21.1 Å². The van der Waals surface area contributed by atoms with Crippen LogP contribution in [-0.4, -0.2) is 35.4 Å². The highest BCUT2D eigenvalue weighted by Crippen LogP contribution is 2.42. The van der Waals surface area contributed by atoms with Gasteiger partial charge in [0.25, 0.3) is 6.04 Å². The van der Waals surface area contributed by atoms with Crippen molar-refractivity contribution in [3.05, 3.63) is 74.8 Å². The van der Waals surface area contributed by atoms with Gasteiger partial charge in [-0.15, -0.1) is 0 Å². The number of hydrogen-bond donors (Lipinski definition) is 0. The molecule has 0 aliphatic carbocycles. The summed E-state index contributed by atoms with van der Waals surface area (Å²) in [4.78, 5) is 36.3. The van der Waals surface area contributed by atoms with E-state index in [1.807, 2.05) is 0 Å². The first-order valence-electron chi connectivity index (χ1n) is 9.24. The Balaban J connectivity index is 1.98. The van der Waals surface area contributed by atoms with Crippen LogP contribution in [0.4, 0.5) is 0 Å². The Kier molecular flexibility index (Phi) is 6.49. The minimum absolute atomic E-state index is 0.105. The van der Waals surface area contributed by atoms with Gasteiger partial charge in [-0.2, -0.15) is 0 Å². The maximum atomic E-state index is 12.8. The first-order valence-corrected chi connectivity index (χ1v) is 9.62. The molecule has 3 atom stereocenters. The summed E-state index contributed by atoms with van der Waals surface area (Å²) >= 11 is 6.10. The van der Waals surface area contributed by atoms with Crippen LogP contribution in [0.1, 0.15) is 41.6 Å². The molecule has 0 saturated carbocycles. The van der Waals surface area contributed by atoms with Crippen molar-refractivity contribution in [1.82, 2.24) is 0 Å². The standard InChI is InChI=1S/C21H20ClNO6/c1-2-28-20(25)12-19-21(23(26)27)16(11-17(24)13-6-4-3-5-7-13)15-10-14(22)8-9-18(15)29-19/h3-10,16,19,21H,2,11-12H2,1H3/t16-,19+,21+/m1/s1. The van der Waals surface area contributed by atoms with Crippen molar-refractivity contribution in [3.8, 4) is 5.75 Å². The number of benzene rings is 2. The molecular weight excluding hydrogens is 398 g/mol. The summed E-state index contributed by atoms with van der Waals surface area (Å²) in [6.07, 6.45) is -1.44. The lowest BCUT2D eigenvalue weighted by Gasteiger charge is -2.34. The van der Waals surface area contributed by atoms with E-state index in [9.17, 15) is 19.7 Å². The zero-order valence-electron chi connectivity index (χ0n) is 15.7. The van der Waals surface area contributed by atoms with Crippen LogP contribution in [0.5, 0.6) is 5.75 Å². The van der Waals surface area contributed by atoms with Crippen molar-refractivity contribution in [3.63, 3.8) is 0 Å². The lowest BCUT2D eigenvalue weighted by atomic mass is 9.80. The molecule has 0 N–H and O–H groups in total. The van der Waals surface area contributed by atoms with Crippen molar-refractivity contribution in [2.45, 2.75) is 37.8 Å². The van der Waals surface area contributed by atoms with Crippen molar-refractivity contribution in [2.75, 3.05) is 6.61 Å². The monoisotopic (exact) mass is 417 g/mol. The molecule has 2 aromatic rings. The van der Waals surface area contributed by atoms with Gasteiger partial charge in [0.15, 0.2) is 11.9 Å². The zero-order chi connectivity index (χ0) is 21.0. The van der Waals surface area contributed by atoms with Crippen molar-refractivity contribution in [2.24, 2.45) is 0 Å². The van der Waals surface area contributed by atoms with Crippen molar-refractivity contribution >= 4 is 23.4 Å². The molecule has 0 bridgehead atoms. The third-order valence-corrected chi connectivity index (χ3v) is 5.10. The maximum absolute atomic E-state index is 12.8. The van der Waals surface area contributed by atoms with Gasteiger partial charge in [0.05, 0.1) is 18.9 Å². The van der Waals surface area contributed by atoms with Gasteiger partial charge in [-0.05, 0) is 25.1 Å². The zero-order valence-corrected chi connectivity index (χ0v) is 16.5. The van der Waals surface area contributed by atoms with E-state index in [-0.39, 0.29) is 25.2 Å². The number of nitro groups is 1. The number of carbonyl (C=O) groups excluding carboxylic acids is 2. The van der Waals surface area contributed by atoms with Crippen LogP contribution in [-0.2, 0) is 9.53 Å². The van der Waals surface area contributed by atoms with E-state index in [1.54, 1.807) is 55.5 Å². The van der Waals surface area contributed by atoms with E-state index >= 15 is 0 Å². The average Bonchev–Trinajstić information content (AvgIpc) is 2.69. The second-order valence-corrected chi connectivity index (χ2v) is 7.16. The van der Waals surface area contributed by atoms with Crippen molar-refractivity contribution < 1.29 is 24.0 Å². The van der Waals surface area contributed by atoms with Crippen LogP contribution in [0.2, 0.25) is 5.02 Å². The topological polar surface area (TPSA) is 95.7 Å². The van der Waals surface area contributed by atoms with E-state index in [1.165, 1.54) is 0 Å². The third-order valence-electron chi connectivity index (χ3n) is 4.86. The van der Waals surface area contributed by atoms with Crippen LogP contribution in [0.15, 0.2) is 48.5 Å². The Morgan fingerprint density at radius 3 is 2.55 bits per heavy atom. The Morgan fingerprint density at radius 1 is 1.17 bits per heavy atom. The predicted molar refractivity (Wildman–Crippen MR) is 106 cm³/mol. The summed E-state index contributed by atoms with van der Waals surface area (Å²) in [5.74, 6) is -1.23. The molecule has 1 heterocycles. The molecule has 3 rings (SSSR count). The number of ether oxygens (including phenoxy) is 2. The summed E-state index contributed by atoms with van der Waals surface area (Å²) < 4.78 is 10.7. The molecule has 0 unspecified atom stereocenters. The number of hydrogen-bond acceptors (Lipinski definition) is 6. The molecule has 0 amide bonds. The number of fused-ring (bicyclic) bond motifs is 1. The number of esters is 1. The fraction of sp³-hybridized carbons (Fsp3) is 0.333. The number of nitrogens with zero attached hydrogens (tertiary/aromatic N) is 1. The minimum atomic E-state index is -1.29. The van der Waals surface area contributed by atoms with Crippen LogP contribution in [0.3, 0.4) is 0 Å². The Morgan fingerprint density at radius 2 is 1.90 bits per heavy atom. The van der Waals surface area contributed by atoms with Crippen LogP contribution < -0.4 is 4.74 Å². The lowest BCUT2D eigenvalue weighted by Crippen LogP contribution is -2.47. The highest BCUT2D eigenvalue weighted by molar-refractivity contribution is 6.30. The van der Waals surface area contributed by atoms with Gasteiger partial charge in [-0.25, -0.2) is 0 Å². The molecule has 0 aromatic heterocycles. The molecule has 2 aromatic carbocycles. The number of ketones is 1. The van der Waals surface area contributed by atoms with Gasteiger partial charge in [-0.3, -0.25) is 19.7 Å². The van der Waals surface area contributed by atoms with Gasteiger partial charge in [0, 0.05) is 27.5 Å². The highest BCUT2D eigenvalue weighted by Gasteiger charge is 2.48. The van der Waals surface area contributed by atoms with Crippen molar-refractivity contribution in [1.29, 1.82) is 0 Å². The first-order chi connectivity index (χ1) is 13.9. The van der Waals surface area contributed by atoms with E-state index in [0.717, 1.165) is 0 Å². The second kappa shape index (κ2) is 9.05. The molecule has 152 valence electrons. The number of carbonyl (C=O) groups is 2. The number of rotatable bonds is 7. The van der Waals surface area contributed by atoms with E-state index < -0.39 is 29.0 Å². The normalized spacial score (nSPS) is 20.3. The number of Topliss-reactive ketones (excluding diaryl/α,β-unsaturated/α-hetero) is 1. The molecule has 0 spiro atoms. The number of halogens is 1. The summed E-state index contributed by atoms with van der Waals surface area (Å²) in [6, 6.07) is 12.1. The van der Waals surface area contributed by atoms with E-state index in [2.05, 4.69) is 0 Å².